The summed E-state index contributed by atoms with van der Waals surface area (Å²) in [4.78, 5) is 3.67. The molecule has 106 valence electrons. The zero-order valence-corrected chi connectivity index (χ0v) is 12.7. The van der Waals surface area contributed by atoms with Gasteiger partial charge in [-0.1, -0.05) is 0 Å². The van der Waals surface area contributed by atoms with Crippen LogP contribution in [0.4, 0.5) is 17.1 Å². The predicted molar refractivity (Wildman–Crippen MR) is 88.7 cm³/mol. The molecule has 0 radical (unpaired) electrons. The van der Waals surface area contributed by atoms with E-state index in [-0.39, 0.29) is 0 Å². The number of nitrogens with zero attached hydrogens (tertiary/aromatic N) is 1. The Hall–Kier alpha value is -1.68. The lowest BCUT2D eigenvalue weighted by molar-refractivity contribution is 0.949. The summed E-state index contributed by atoms with van der Waals surface area (Å²) in [7, 11) is 0. The average Bonchev–Trinajstić information content (AvgIpc) is 3.09. The number of nitrogens with one attached hydrogen (secondary N) is 1. The minimum Gasteiger partial charge on any atom is -0.398 e. The lowest BCUT2D eigenvalue weighted by Crippen LogP contribution is -2.17. The van der Waals surface area contributed by atoms with Crippen LogP contribution in [0.3, 0.4) is 0 Å². The Kier molecular flexibility index (Phi) is 3.83. The molecule has 0 aliphatic carbocycles. The number of hydrogen-bond donors (Lipinski definition) is 2. The van der Waals surface area contributed by atoms with Gasteiger partial charge in [0.15, 0.2) is 0 Å². The Balaban J connectivity index is 1.69. The van der Waals surface area contributed by atoms with Crippen LogP contribution in [0.15, 0.2) is 29.6 Å². The van der Waals surface area contributed by atoms with E-state index in [1.807, 2.05) is 11.4 Å². The van der Waals surface area contributed by atoms with Crippen LogP contribution in [-0.2, 0) is 6.54 Å². The molecule has 2 aromatic rings. The van der Waals surface area contributed by atoms with Gasteiger partial charge in [0, 0.05) is 35.0 Å². The van der Waals surface area contributed by atoms with Crippen LogP contribution in [0.5, 0.6) is 0 Å². The molecule has 1 aliphatic heterocycles. The fraction of sp³-hybridized carbons (Fsp3) is 0.375. The van der Waals surface area contributed by atoms with Gasteiger partial charge in [0.05, 0.1) is 6.54 Å². The summed E-state index contributed by atoms with van der Waals surface area (Å²) >= 11 is 1.70. The number of anilines is 3. The molecule has 4 heteroatoms. The van der Waals surface area contributed by atoms with Crippen LogP contribution in [0.1, 0.15) is 23.3 Å². The molecule has 1 aliphatic rings. The Morgan fingerprint density at radius 1 is 1.25 bits per heavy atom. The van der Waals surface area contributed by atoms with Crippen molar-refractivity contribution in [2.75, 3.05) is 29.0 Å². The van der Waals surface area contributed by atoms with E-state index in [2.05, 4.69) is 35.3 Å². The van der Waals surface area contributed by atoms with E-state index in [4.69, 9.17) is 5.73 Å². The third kappa shape index (κ3) is 2.75. The van der Waals surface area contributed by atoms with Crippen LogP contribution in [0.2, 0.25) is 0 Å². The van der Waals surface area contributed by atoms with Gasteiger partial charge in [0.1, 0.15) is 0 Å². The minimum atomic E-state index is 0.799. The second-order valence-corrected chi connectivity index (χ2v) is 6.35. The van der Waals surface area contributed by atoms with Crippen LogP contribution in [0, 0.1) is 6.92 Å². The normalized spacial score (nSPS) is 14.8. The third-order valence-electron chi connectivity index (χ3n) is 3.90. The monoisotopic (exact) mass is 287 g/mol. The van der Waals surface area contributed by atoms with Crippen LogP contribution in [-0.4, -0.2) is 13.1 Å². The first kappa shape index (κ1) is 13.3. The summed E-state index contributed by atoms with van der Waals surface area (Å²) in [6.07, 6.45) is 2.63. The number of hydrogen-bond acceptors (Lipinski definition) is 4. The molecule has 0 amide bonds. The molecule has 2 heterocycles. The molecule has 0 saturated carbocycles. The second kappa shape index (κ2) is 5.75. The van der Waals surface area contributed by atoms with Crippen molar-refractivity contribution >= 4 is 28.4 Å². The minimum absolute atomic E-state index is 0.799. The number of rotatable bonds is 4. The summed E-state index contributed by atoms with van der Waals surface area (Å²) in [5.41, 5.74) is 10.6. The van der Waals surface area contributed by atoms with Crippen molar-refractivity contribution in [1.29, 1.82) is 0 Å². The predicted octanol–water partition coefficient (Wildman–Crippen LogP) is 3.85. The Labute approximate surface area is 124 Å². The van der Waals surface area contributed by atoms with E-state index < -0.39 is 0 Å². The van der Waals surface area contributed by atoms with Crippen molar-refractivity contribution in [3.05, 3.63) is 40.1 Å². The highest BCUT2D eigenvalue weighted by atomic mass is 32.1. The van der Waals surface area contributed by atoms with Crippen molar-refractivity contribution in [2.45, 2.75) is 26.3 Å². The molecule has 0 unspecified atom stereocenters. The number of nitrogens with two attached hydrogens (primary N) is 1. The average molecular weight is 287 g/mol. The van der Waals surface area contributed by atoms with E-state index in [1.165, 1.54) is 47.7 Å². The maximum Gasteiger partial charge on any atom is 0.0514 e. The lowest BCUT2D eigenvalue weighted by atomic mass is 10.1. The first-order valence-corrected chi connectivity index (χ1v) is 8.03. The summed E-state index contributed by atoms with van der Waals surface area (Å²) in [6.45, 7) is 5.35. The van der Waals surface area contributed by atoms with Gasteiger partial charge in [-0.3, -0.25) is 0 Å². The molecule has 1 fully saturated rings. The van der Waals surface area contributed by atoms with Gasteiger partial charge in [-0.05, 0) is 55.0 Å². The van der Waals surface area contributed by atoms with Gasteiger partial charge in [-0.2, -0.15) is 0 Å². The van der Waals surface area contributed by atoms with Gasteiger partial charge < -0.3 is 16.0 Å². The number of nitrogen functional groups attached to an aromatic ring is 1. The van der Waals surface area contributed by atoms with Gasteiger partial charge in [0.25, 0.3) is 0 Å². The van der Waals surface area contributed by atoms with E-state index in [1.54, 1.807) is 11.3 Å². The first-order valence-electron chi connectivity index (χ1n) is 7.15. The molecular weight excluding hydrogens is 266 g/mol. The SMILES string of the molecule is Cc1cc(N2CCCC2)ccc1NCc1sccc1N. The van der Waals surface area contributed by atoms with Gasteiger partial charge in [-0.25, -0.2) is 0 Å². The van der Waals surface area contributed by atoms with Crippen molar-refractivity contribution in [2.24, 2.45) is 0 Å². The van der Waals surface area contributed by atoms with Crippen molar-refractivity contribution in [1.82, 2.24) is 0 Å². The summed E-state index contributed by atoms with van der Waals surface area (Å²) in [6, 6.07) is 8.65. The van der Waals surface area contributed by atoms with E-state index in [9.17, 15) is 0 Å². The van der Waals surface area contributed by atoms with Crippen LogP contribution in [0.25, 0.3) is 0 Å². The Morgan fingerprint density at radius 3 is 2.70 bits per heavy atom. The highest BCUT2D eigenvalue weighted by Crippen LogP contribution is 2.27. The Bertz CT molecular complexity index is 585. The zero-order chi connectivity index (χ0) is 13.9. The standard InChI is InChI=1S/C16H21N3S/c1-12-10-13(19-7-2-3-8-19)4-5-15(12)18-11-16-14(17)6-9-20-16/h4-6,9-10,18H,2-3,7-8,11,17H2,1H3. The first-order chi connectivity index (χ1) is 9.74. The molecule has 0 bridgehead atoms. The molecule has 3 N–H and O–H groups in total. The zero-order valence-electron chi connectivity index (χ0n) is 11.9. The summed E-state index contributed by atoms with van der Waals surface area (Å²) < 4.78 is 0. The molecular formula is C16H21N3S. The molecule has 1 aromatic carbocycles. The summed E-state index contributed by atoms with van der Waals surface area (Å²) in [5, 5.41) is 5.52. The fourth-order valence-electron chi connectivity index (χ4n) is 2.69. The maximum absolute atomic E-state index is 5.91. The number of thiophene rings is 1. The highest BCUT2D eigenvalue weighted by Gasteiger charge is 2.13. The topological polar surface area (TPSA) is 41.3 Å². The lowest BCUT2D eigenvalue weighted by Gasteiger charge is -2.19. The Morgan fingerprint density at radius 2 is 2.05 bits per heavy atom. The van der Waals surface area contributed by atoms with Gasteiger partial charge >= 0.3 is 0 Å². The second-order valence-electron chi connectivity index (χ2n) is 5.35. The van der Waals surface area contributed by atoms with Gasteiger partial charge in [-0.15, -0.1) is 11.3 Å². The fourth-order valence-corrected chi connectivity index (χ4v) is 3.43. The van der Waals surface area contributed by atoms with Gasteiger partial charge in [0.2, 0.25) is 0 Å². The number of aryl methyl sites for hydroxylation is 1. The molecule has 1 saturated heterocycles. The van der Waals surface area contributed by atoms with E-state index in [0.717, 1.165) is 12.2 Å². The van der Waals surface area contributed by atoms with E-state index in [0.29, 0.717) is 0 Å². The largest absolute Gasteiger partial charge is 0.398 e. The molecule has 0 spiro atoms. The smallest absolute Gasteiger partial charge is 0.0514 e. The third-order valence-corrected chi connectivity index (χ3v) is 4.84. The quantitative estimate of drug-likeness (QED) is 0.897. The van der Waals surface area contributed by atoms with Crippen LogP contribution >= 0.6 is 11.3 Å². The molecule has 20 heavy (non-hydrogen) atoms. The molecule has 0 atom stereocenters. The van der Waals surface area contributed by atoms with Crippen molar-refractivity contribution in [3.63, 3.8) is 0 Å². The van der Waals surface area contributed by atoms with Crippen molar-refractivity contribution < 1.29 is 0 Å². The maximum atomic E-state index is 5.91. The molecule has 3 nitrogen and oxygen atoms in total. The molecule has 3 rings (SSSR count). The highest BCUT2D eigenvalue weighted by molar-refractivity contribution is 7.10. The van der Waals surface area contributed by atoms with Crippen molar-refractivity contribution in [3.8, 4) is 0 Å². The molecule has 1 aromatic heterocycles. The number of benzene rings is 1. The summed E-state index contributed by atoms with van der Waals surface area (Å²) in [5.74, 6) is 0. The van der Waals surface area contributed by atoms with Crippen LogP contribution < -0.4 is 16.0 Å². The van der Waals surface area contributed by atoms with E-state index >= 15 is 0 Å².